The van der Waals surface area contributed by atoms with Crippen molar-refractivity contribution in [2.45, 2.75) is 13.1 Å². The number of nitrogen functional groups attached to an aromatic ring is 1. The standard InChI is InChI=1S/C13H15FN2O/c1-16(7-10-5-6-17-9-10)8-11-3-2-4-12(15)13(11)14/h2-6,9H,7-8,15H2,1H3. The Morgan fingerprint density at radius 2 is 2.12 bits per heavy atom. The third-order valence-corrected chi connectivity index (χ3v) is 2.58. The Bertz CT molecular complexity index is 482. The zero-order chi connectivity index (χ0) is 12.3. The van der Waals surface area contributed by atoms with E-state index in [2.05, 4.69) is 0 Å². The van der Waals surface area contributed by atoms with Crippen molar-refractivity contribution >= 4 is 5.69 Å². The Morgan fingerprint density at radius 1 is 1.29 bits per heavy atom. The first-order valence-electron chi connectivity index (χ1n) is 5.39. The second-order valence-corrected chi connectivity index (χ2v) is 4.12. The number of nitrogens with zero attached hydrogens (tertiary/aromatic N) is 1. The molecule has 0 aliphatic rings. The highest BCUT2D eigenvalue weighted by Gasteiger charge is 2.08. The zero-order valence-corrected chi connectivity index (χ0v) is 9.69. The number of hydrogen-bond acceptors (Lipinski definition) is 3. The predicted octanol–water partition coefficient (Wildman–Crippen LogP) is 2.63. The van der Waals surface area contributed by atoms with Gasteiger partial charge in [0.05, 0.1) is 18.2 Å². The molecule has 2 rings (SSSR count). The van der Waals surface area contributed by atoms with Gasteiger partial charge in [-0.1, -0.05) is 12.1 Å². The minimum atomic E-state index is -0.327. The molecule has 2 aromatic rings. The normalized spacial score (nSPS) is 11.0. The quantitative estimate of drug-likeness (QED) is 0.827. The molecule has 3 nitrogen and oxygen atoms in total. The van der Waals surface area contributed by atoms with Gasteiger partial charge in [0.25, 0.3) is 0 Å². The van der Waals surface area contributed by atoms with E-state index in [0.717, 1.165) is 5.56 Å². The molecule has 1 heterocycles. The highest BCUT2D eigenvalue weighted by atomic mass is 19.1. The number of furan rings is 1. The molecule has 4 heteroatoms. The average Bonchev–Trinajstić information content (AvgIpc) is 2.77. The molecule has 2 N–H and O–H groups in total. The van der Waals surface area contributed by atoms with Crippen LogP contribution in [0.25, 0.3) is 0 Å². The fraction of sp³-hybridized carbons (Fsp3) is 0.231. The van der Waals surface area contributed by atoms with Crippen LogP contribution in [-0.4, -0.2) is 11.9 Å². The first-order valence-corrected chi connectivity index (χ1v) is 5.39. The molecule has 17 heavy (non-hydrogen) atoms. The van der Waals surface area contributed by atoms with Crippen LogP contribution >= 0.6 is 0 Å². The minimum absolute atomic E-state index is 0.194. The van der Waals surface area contributed by atoms with Crippen molar-refractivity contribution in [1.29, 1.82) is 0 Å². The van der Waals surface area contributed by atoms with Gasteiger partial charge in [0.1, 0.15) is 0 Å². The van der Waals surface area contributed by atoms with Crippen molar-refractivity contribution < 1.29 is 8.81 Å². The number of nitrogens with two attached hydrogens (primary N) is 1. The van der Waals surface area contributed by atoms with Gasteiger partial charge < -0.3 is 10.2 Å². The van der Waals surface area contributed by atoms with Gasteiger partial charge in [0.15, 0.2) is 5.82 Å². The fourth-order valence-corrected chi connectivity index (χ4v) is 1.76. The van der Waals surface area contributed by atoms with Crippen LogP contribution in [-0.2, 0) is 13.1 Å². The van der Waals surface area contributed by atoms with Gasteiger partial charge >= 0.3 is 0 Å². The average molecular weight is 234 g/mol. The Morgan fingerprint density at radius 3 is 2.82 bits per heavy atom. The van der Waals surface area contributed by atoms with Crippen molar-refractivity contribution in [3.05, 3.63) is 53.7 Å². The van der Waals surface area contributed by atoms with Crippen LogP contribution in [0.15, 0.2) is 41.2 Å². The smallest absolute Gasteiger partial charge is 0.150 e. The van der Waals surface area contributed by atoms with E-state index in [1.165, 1.54) is 0 Å². The van der Waals surface area contributed by atoms with E-state index >= 15 is 0 Å². The highest BCUT2D eigenvalue weighted by molar-refractivity contribution is 5.42. The van der Waals surface area contributed by atoms with E-state index in [1.54, 1.807) is 30.7 Å². The molecule has 0 spiro atoms. The van der Waals surface area contributed by atoms with Gasteiger partial charge in [0, 0.05) is 24.2 Å². The summed E-state index contributed by atoms with van der Waals surface area (Å²) in [5.74, 6) is -0.327. The molecule has 0 fully saturated rings. The van der Waals surface area contributed by atoms with Crippen LogP contribution in [0.5, 0.6) is 0 Å². The molecule has 90 valence electrons. The van der Waals surface area contributed by atoms with Crippen molar-refractivity contribution in [1.82, 2.24) is 4.90 Å². The molecule has 0 aliphatic heterocycles. The summed E-state index contributed by atoms with van der Waals surface area (Å²) in [7, 11) is 1.93. The van der Waals surface area contributed by atoms with Crippen LogP contribution in [0.2, 0.25) is 0 Å². The van der Waals surface area contributed by atoms with E-state index in [-0.39, 0.29) is 11.5 Å². The number of halogens is 1. The molecule has 0 amide bonds. The number of benzene rings is 1. The van der Waals surface area contributed by atoms with Gasteiger partial charge in [-0.05, 0) is 19.2 Å². The second kappa shape index (κ2) is 5.01. The summed E-state index contributed by atoms with van der Waals surface area (Å²) in [5, 5.41) is 0. The van der Waals surface area contributed by atoms with E-state index < -0.39 is 0 Å². The zero-order valence-electron chi connectivity index (χ0n) is 9.69. The topological polar surface area (TPSA) is 42.4 Å². The Balaban J connectivity index is 2.03. The van der Waals surface area contributed by atoms with Gasteiger partial charge in [0.2, 0.25) is 0 Å². The van der Waals surface area contributed by atoms with E-state index in [4.69, 9.17) is 10.2 Å². The molecule has 0 saturated heterocycles. The number of rotatable bonds is 4. The molecule has 0 bridgehead atoms. The van der Waals surface area contributed by atoms with Crippen molar-refractivity contribution in [3.63, 3.8) is 0 Å². The maximum Gasteiger partial charge on any atom is 0.150 e. The van der Waals surface area contributed by atoms with Crippen LogP contribution in [0, 0.1) is 5.82 Å². The van der Waals surface area contributed by atoms with Crippen LogP contribution in [0.4, 0.5) is 10.1 Å². The summed E-state index contributed by atoms with van der Waals surface area (Å²) < 4.78 is 18.7. The van der Waals surface area contributed by atoms with Gasteiger partial charge in [-0.25, -0.2) is 4.39 Å². The van der Waals surface area contributed by atoms with Crippen LogP contribution in [0.1, 0.15) is 11.1 Å². The molecule has 1 aromatic carbocycles. The first kappa shape index (κ1) is 11.7. The fourth-order valence-electron chi connectivity index (χ4n) is 1.76. The molecule has 0 aliphatic carbocycles. The second-order valence-electron chi connectivity index (χ2n) is 4.12. The van der Waals surface area contributed by atoms with Gasteiger partial charge in [-0.3, -0.25) is 4.90 Å². The lowest BCUT2D eigenvalue weighted by atomic mass is 10.1. The van der Waals surface area contributed by atoms with E-state index in [0.29, 0.717) is 18.7 Å². The minimum Gasteiger partial charge on any atom is -0.472 e. The Hall–Kier alpha value is -1.81. The molecular formula is C13H15FN2O. The van der Waals surface area contributed by atoms with Crippen LogP contribution in [0.3, 0.4) is 0 Å². The molecule has 1 aromatic heterocycles. The van der Waals surface area contributed by atoms with Gasteiger partial charge in [-0.2, -0.15) is 0 Å². The summed E-state index contributed by atoms with van der Waals surface area (Å²) in [6.07, 6.45) is 3.32. The lowest BCUT2D eigenvalue weighted by Crippen LogP contribution is -2.18. The van der Waals surface area contributed by atoms with E-state index in [1.807, 2.05) is 18.0 Å². The lowest BCUT2D eigenvalue weighted by molar-refractivity contribution is 0.312. The summed E-state index contributed by atoms with van der Waals surface area (Å²) in [4.78, 5) is 2.00. The number of hydrogen-bond donors (Lipinski definition) is 1. The maximum absolute atomic E-state index is 13.7. The molecule has 0 radical (unpaired) electrons. The monoisotopic (exact) mass is 234 g/mol. The predicted molar refractivity (Wildman–Crippen MR) is 64.7 cm³/mol. The molecular weight excluding hydrogens is 219 g/mol. The number of anilines is 1. The maximum atomic E-state index is 13.7. The Labute approximate surface area is 99.6 Å². The summed E-state index contributed by atoms with van der Waals surface area (Å²) >= 11 is 0. The lowest BCUT2D eigenvalue weighted by Gasteiger charge is -2.16. The van der Waals surface area contributed by atoms with E-state index in [9.17, 15) is 4.39 Å². The third-order valence-electron chi connectivity index (χ3n) is 2.58. The summed E-state index contributed by atoms with van der Waals surface area (Å²) in [6.45, 7) is 1.23. The summed E-state index contributed by atoms with van der Waals surface area (Å²) in [6, 6.07) is 6.97. The first-order chi connectivity index (χ1) is 8.16. The highest BCUT2D eigenvalue weighted by Crippen LogP contribution is 2.17. The van der Waals surface area contributed by atoms with Crippen molar-refractivity contribution in [2.75, 3.05) is 12.8 Å². The third kappa shape index (κ3) is 2.85. The van der Waals surface area contributed by atoms with Gasteiger partial charge in [-0.15, -0.1) is 0 Å². The molecule has 0 atom stereocenters. The molecule has 0 unspecified atom stereocenters. The SMILES string of the molecule is CN(Cc1ccoc1)Cc1cccc(N)c1F. The van der Waals surface area contributed by atoms with Crippen molar-refractivity contribution in [3.8, 4) is 0 Å². The largest absolute Gasteiger partial charge is 0.472 e. The van der Waals surface area contributed by atoms with Crippen molar-refractivity contribution in [2.24, 2.45) is 0 Å². The molecule has 0 saturated carbocycles. The Kier molecular flexibility index (Phi) is 3.44. The van der Waals surface area contributed by atoms with Crippen LogP contribution < -0.4 is 5.73 Å². The summed E-state index contributed by atoms with van der Waals surface area (Å²) in [5.41, 5.74) is 7.39.